The Labute approximate surface area is 157 Å². The number of anilines is 1. The average molecular weight is 401 g/mol. The van der Waals surface area contributed by atoms with Crippen molar-refractivity contribution >= 4 is 22.4 Å². The maximum Gasteiger partial charge on any atom is 0.419 e. The van der Waals surface area contributed by atoms with Crippen LogP contribution in [-0.4, -0.2) is 37.2 Å². The van der Waals surface area contributed by atoms with Gasteiger partial charge < -0.3 is 20.1 Å². The molecular formula is C17H18F3N3O3S. The van der Waals surface area contributed by atoms with Crippen molar-refractivity contribution in [2.24, 2.45) is 5.73 Å². The molecule has 0 radical (unpaired) electrons. The number of para-hydroxylation sites is 1. The second kappa shape index (κ2) is 7.63. The predicted octanol–water partition coefficient (Wildman–Crippen LogP) is 3.32. The van der Waals surface area contributed by atoms with Crippen LogP contribution >= 0.6 is 11.3 Å². The zero-order valence-corrected chi connectivity index (χ0v) is 15.3. The lowest BCUT2D eigenvalue weighted by atomic mass is 10.1. The normalized spacial score (nSPS) is 15.6. The molecule has 2 heterocycles. The van der Waals surface area contributed by atoms with Crippen LogP contribution in [0.5, 0.6) is 11.6 Å². The molecular weight excluding hydrogens is 383 g/mol. The van der Waals surface area contributed by atoms with Gasteiger partial charge in [-0.05, 0) is 12.1 Å². The molecule has 1 fully saturated rings. The van der Waals surface area contributed by atoms with Crippen LogP contribution < -0.4 is 20.1 Å². The molecule has 0 bridgehead atoms. The number of primary amides is 1. The largest absolute Gasteiger partial charge is 0.490 e. The predicted molar refractivity (Wildman–Crippen MR) is 94.5 cm³/mol. The van der Waals surface area contributed by atoms with Crippen molar-refractivity contribution in [1.82, 2.24) is 4.98 Å². The van der Waals surface area contributed by atoms with E-state index in [2.05, 4.69) is 4.98 Å². The Balaban J connectivity index is 1.66. The highest BCUT2D eigenvalue weighted by Gasteiger charge is 2.35. The summed E-state index contributed by atoms with van der Waals surface area (Å²) in [6, 6.07) is 5.20. The van der Waals surface area contributed by atoms with Crippen LogP contribution in [0.25, 0.3) is 0 Å². The number of thiazole rings is 1. The van der Waals surface area contributed by atoms with E-state index < -0.39 is 17.6 Å². The standard InChI is InChI=1S/C17H18F3N3O3S/c1-25-15-13(14(21)24)27-16(22-15)23-8-6-10(7-9-23)26-12-5-3-2-4-11(12)17(18,19)20/h2-5,10H,6-9H2,1H3,(H2,21,24). The number of piperidine rings is 1. The van der Waals surface area contributed by atoms with E-state index in [-0.39, 0.29) is 22.6 Å². The van der Waals surface area contributed by atoms with Gasteiger partial charge in [0.2, 0.25) is 5.88 Å². The first-order chi connectivity index (χ1) is 12.8. The smallest absolute Gasteiger partial charge is 0.419 e. The average Bonchev–Trinajstić information content (AvgIpc) is 3.07. The number of carbonyl (C=O) groups is 1. The molecule has 1 saturated heterocycles. The van der Waals surface area contributed by atoms with E-state index >= 15 is 0 Å². The van der Waals surface area contributed by atoms with Gasteiger partial charge in [0, 0.05) is 25.9 Å². The van der Waals surface area contributed by atoms with Crippen LogP contribution in [0.2, 0.25) is 0 Å². The zero-order valence-electron chi connectivity index (χ0n) is 14.5. The summed E-state index contributed by atoms with van der Waals surface area (Å²) in [4.78, 5) is 17.9. The number of ether oxygens (including phenoxy) is 2. The molecule has 0 atom stereocenters. The van der Waals surface area contributed by atoms with Gasteiger partial charge in [-0.25, -0.2) is 0 Å². The quantitative estimate of drug-likeness (QED) is 0.832. The van der Waals surface area contributed by atoms with Crippen LogP contribution in [-0.2, 0) is 6.18 Å². The summed E-state index contributed by atoms with van der Waals surface area (Å²) in [5.41, 5.74) is 4.54. The second-order valence-electron chi connectivity index (χ2n) is 6.00. The number of nitrogens with two attached hydrogens (primary N) is 1. The van der Waals surface area contributed by atoms with E-state index in [0.717, 1.165) is 17.4 Å². The summed E-state index contributed by atoms with van der Waals surface area (Å²) in [5.74, 6) is -0.590. The number of halogens is 3. The van der Waals surface area contributed by atoms with Gasteiger partial charge in [-0.2, -0.15) is 18.2 Å². The number of amides is 1. The minimum absolute atomic E-state index is 0.157. The van der Waals surface area contributed by atoms with E-state index in [4.69, 9.17) is 15.2 Å². The first kappa shape index (κ1) is 19.3. The first-order valence-corrected chi connectivity index (χ1v) is 9.03. The second-order valence-corrected chi connectivity index (χ2v) is 6.97. The maximum absolute atomic E-state index is 13.1. The maximum atomic E-state index is 13.1. The molecule has 3 rings (SSSR count). The molecule has 146 valence electrons. The van der Waals surface area contributed by atoms with Gasteiger partial charge in [0.05, 0.1) is 12.7 Å². The molecule has 0 spiro atoms. The monoisotopic (exact) mass is 401 g/mol. The summed E-state index contributed by atoms with van der Waals surface area (Å²) in [6.45, 7) is 1.07. The number of alkyl halides is 3. The van der Waals surface area contributed by atoms with E-state index in [1.165, 1.54) is 25.3 Å². The highest BCUT2D eigenvalue weighted by atomic mass is 32.1. The Morgan fingerprint density at radius 1 is 1.30 bits per heavy atom. The first-order valence-electron chi connectivity index (χ1n) is 8.22. The molecule has 2 aromatic rings. The van der Waals surface area contributed by atoms with Crippen LogP contribution in [0.15, 0.2) is 24.3 Å². The minimum atomic E-state index is -4.46. The summed E-state index contributed by atoms with van der Waals surface area (Å²) < 4.78 is 49.9. The lowest BCUT2D eigenvalue weighted by Gasteiger charge is -2.32. The Bertz CT molecular complexity index is 817. The molecule has 10 heteroatoms. The number of carbonyl (C=O) groups excluding carboxylic acids is 1. The molecule has 0 unspecified atom stereocenters. The van der Waals surface area contributed by atoms with E-state index in [1.54, 1.807) is 0 Å². The summed E-state index contributed by atoms with van der Waals surface area (Å²) in [7, 11) is 1.41. The molecule has 0 saturated carbocycles. The molecule has 1 amide bonds. The van der Waals surface area contributed by atoms with Crippen molar-refractivity contribution in [2.75, 3.05) is 25.1 Å². The van der Waals surface area contributed by atoms with Crippen molar-refractivity contribution < 1.29 is 27.4 Å². The molecule has 1 aromatic heterocycles. The fraction of sp³-hybridized carbons (Fsp3) is 0.412. The molecule has 1 aliphatic rings. The molecule has 1 aliphatic heterocycles. The molecule has 6 nitrogen and oxygen atoms in total. The van der Waals surface area contributed by atoms with Crippen LogP contribution in [0.1, 0.15) is 28.1 Å². The summed E-state index contributed by atoms with van der Waals surface area (Å²) >= 11 is 1.14. The topological polar surface area (TPSA) is 77.7 Å². The highest BCUT2D eigenvalue weighted by molar-refractivity contribution is 7.17. The van der Waals surface area contributed by atoms with Crippen LogP contribution in [0.3, 0.4) is 0 Å². The van der Waals surface area contributed by atoms with Crippen molar-refractivity contribution in [3.05, 3.63) is 34.7 Å². The number of nitrogens with zero attached hydrogens (tertiary/aromatic N) is 2. The number of methoxy groups -OCH3 is 1. The lowest BCUT2D eigenvalue weighted by Crippen LogP contribution is -2.38. The summed E-state index contributed by atoms with van der Waals surface area (Å²) in [6.07, 6.45) is -3.73. The van der Waals surface area contributed by atoms with Gasteiger partial charge >= 0.3 is 6.18 Å². The number of hydrogen-bond donors (Lipinski definition) is 1. The van der Waals surface area contributed by atoms with Gasteiger partial charge in [0.1, 0.15) is 11.9 Å². The Kier molecular flexibility index (Phi) is 5.45. The molecule has 27 heavy (non-hydrogen) atoms. The van der Waals surface area contributed by atoms with Gasteiger partial charge in [0.25, 0.3) is 5.91 Å². The third kappa shape index (κ3) is 4.26. The van der Waals surface area contributed by atoms with Crippen molar-refractivity contribution in [3.8, 4) is 11.6 Å². The third-order valence-electron chi connectivity index (χ3n) is 4.20. The van der Waals surface area contributed by atoms with E-state index in [9.17, 15) is 18.0 Å². The molecule has 0 aliphatic carbocycles. The Hall–Kier alpha value is -2.49. The van der Waals surface area contributed by atoms with Gasteiger partial charge in [0.15, 0.2) is 10.0 Å². The van der Waals surface area contributed by atoms with Gasteiger partial charge in [-0.15, -0.1) is 0 Å². The number of hydrogen-bond acceptors (Lipinski definition) is 6. The van der Waals surface area contributed by atoms with E-state index in [0.29, 0.717) is 31.1 Å². The Morgan fingerprint density at radius 3 is 2.52 bits per heavy atom. The SMILES string of the molecule is COc1nc(N2CCC(Oc3ccccc3C(F)(F)F)CC2)sc1C(N)=O. The third-order valence-corrected chi connectivity index (χ3v) is 5.31. The van der Waals surface area contributed by atoms with Gasteiger partial charge in [-0.3, -0.25) is 4.79 Å². The molecule has 2 N–H and O–H groups in total. The van der Waals surface area contributed by atoms with E-state index in [1.807, 2.05) is 4.90 Å². The van der Waals surface area contributed by atoms with Crippen LogP contribution in [0, 0.1) is 0 Å². The molecule has 1 aromatic carbocycles. The van der Waals surface area contributed by atoms with Crippen LogP contribution in [0.4, 0.5) is 18.3 Å². The van der Waals surface area contributed by atoms with Crippen molar-refractivity contribution in [2.45, 2.75) is 25.1 Å². The number of aromatic nitrogens is 1. The van der Waals surface area contributed by atoms with Crippen molar-refractivity contribution in [1.29, 1.82) is 0 Å². The lowest BCUT2D eigenvalue weighted by molar-refractivity contribution is -0.139. The zero-order chi connectivity index (χ0) is 19.6. The van der Waals surface area contributed by atoms with Gasteiger partial charge in [-0.1, -0.05) is 23.5 Å². The number of benzene rings is 1. The number of rotatable bonds is 5. The minimum Gasteiger partial charge on any atom is -0.490 e. The van der Waals surface area contributed by atoms with Crippen molar-refractivity contribution in [3.63, 3.8) is 0 Å². The summed E-state index contributed by atoms with van der Waals surface area (Å²) in [5, 5.41) is 0.592. The highest BCUT2D eigenvalue weighted by Crippen LogP contribution is 2.37. The Morgan fingerprint density at radius 2 is 1.96 bits per heavy atom. The fourth-order valence-corrected chi connectivity index (χ4v) is 3.81. The fourth-order valence-electron chi connectivity index (χ4n) is 2.87.